The first-order valence-corrected chi connectivity index (χ1v) is 7.64. The Morgan fingerprint density at radius 2 is 2.06 bits per heavy atom. The van der Waals surface area contributed by atoms with E-state index in [1.54, 1.807) is 11.8 Å². The molecule has 0 N–H and O–H groups in total. The topological polar surface area (TPSA) is 20.3 Å². The maximum absolute atomic E-state index is 11.9. The van der Waals surface area contributed by atoms with Gasteiger partial charge in [0, 0.05) is 27.4 Å². The van der Waals surface area contributed by atoms with E-state index in [0.717, 1.165) is 11.0 Å². The zero-order valence-electron chi connectivity index (χ0n) is 10.5. The van der Waals surface area contributed by atoms with Crippen molar-refractivity contribution in [2.24, 2.45) is 5.92 Å². The molecule has 0 spiro atoms. The summed E-state index contributed by atoms with van der Waals surface area (Å²) in [4.78, 5) is 15.0. The number of carbonyl (C=O) groups is 1. The van der Waals surface area contributed by atoms with Crippen LogP contribution in [-0.2, 0) is 4.79 Å². The summed E-state index contributed by atoms with van der Waals surface area (Å²) in [6.07, 6.45) is 1.91. The highest BCUT2D eigenvalue weighted by atomic mass is 79.9. The van der Waals surface area contributed by atoms with Gasteiger partial charge in [0.25, 0.3) is 0 Å². The summed E-state index contributed by atoms with van der Waals surface area (Å²) in [6, 6.07) is 10.3. The van der Waals surface area contributed by atoms with E-state index < -0.39 is 0 Å². The molecule has 0 fully saturated rings. The van der Waals surface area contributed by atoms with Gasteiger partial charge in [0.1, 0.15) is 0 Å². The van der Waals surface area contributed by atoms with Crippen LogP contribution in [0.15, 0.2) is 45.9 Å². The van der Waals surface area contributed by atoms with Crippen LogP contribution in [0, 0.1) is 5.92 Å². The van der Waals surface area contributed by atoms with Crippen LogP contribution in [0.4, 0.5) is 0 Å². The largest absolute Gasteiger partial charge is 0.317 e. The first-order valence-electron chi connectivity index (χ1n) is 5.97. The molecule has 2 rings (SSSR count). The second kappa shape index (κ2) is 5.93. The van der Waals surface area contributed by atoms with Gasteiger partial charge in [-0.1, -0.05) is 41.1 Å². The SMILES string of the molecule is CC(CN1C=C(Br)C(C)C1=O)Sc1ccccc1. The lowest BCUT2D eigenvalue weighted by Gasteiger charge is -2.19. The van der Waals surface area contributed by atoms with Crippen molar-refractivity contribution in [3.63, 3.8) is 0 Å². The van der Waals surface area contributed by atoms with E-state index in [2.05, 4.69) is 35.0 Å². The van der Waals surface area contributed by atoms with Gasteiger partial charge in [-0.25, -0.2) is 0 Å². The van der Waals surface area contributed by atoms with Gasteiger partial charge in [-0.15, -0.1) is 11.8 Å². The predicted octanol–water partition coefficient (Wildman–Crippen LogP) is 3.88. The van der Waals surface area contributed by atoms with Crippen molar-refractivity contribution in [3.05, 3.63) is 41.0 Å². The Kier molecular flexibility index (Phi) is 4.51. The molecule has 2 unspecified atom stereocenters. The molecule has 1 heterocycles. The molecule has 2 atom stereocenters. The molecular formula is C14H16BrNOS. The van der Waals surface area contributed by atoms with Crippen LogP contribution in [0.3, 0.4) is 0 Å². The molecule has 1 aromatic rings. The molecule has 0 bridgehead atoms. The number of thioether (sulfide) groups is 1. The van der Waals surface area contributed by atoms with E-state index in [1.807, 2.05) is 36.2 Å². The summed E-state index contributed by atoms with van der Waals surface area (Å²) in [6.45, 7) is 4.82. The van der Waals surface area contributed by atoms with Gasteiger partial charge < -0.3 is 4.90 Å². The normalized spacial score (nSPS) is 21.1. The number of hydrogen-bond donors (Lipinski definition) is 0. The number of rotatable bonds is 4. The number of hydrogen-bond acceptors (Lipinski definition) is 2. The van der Waals surface area contributed by atoms with Crippen molar-refractivity contribution in [1.29, 1.82) is 0 Å². The number of carbonyl (C=O) groups excluding carboxylic acids is 1. The Hall–Kier alpha value is -0.740. The molecule has 2 nitrogen and oxygen atoms in total. The summed E-state index contributed by atoms with van der Waals surface area (Å²) < 4.78 is 0.976. The van der Waals surface area contributed by atoms with Crippen molar-refractivity contribution in [3.8, 4) is 0 Å². The van der Waals surface area contributed by atoms with E-state index in [0.29, 0.717) is 5.25 Å². The van der Waals surface area contributed by atoms with Gasteiger partial charge in [-0.05, 0) is 19.1 Å². The van der Waals surface area contributed by atoms with E-state index >= 15 is 0 Å². The molecular weight excluding hydrogens is 310 g/mol. The zero-order chi connectivity index (χ0) is 13.1. The number of halogens is 1. The standard InChI is InChI=1S/C14H16BrNOS/c1-10(18-12-6-4-3-5-7-12)8-16-9-13(15)11(2)14(16)17/h3-7,9-11H,8H2,1-2H3. The average Bonchev–Trinajstić information content (AvgIpc) is 2.58. The first kappa shape index (κ1) is 13.7. The fourth-order valence-corrected chi connectivity index (χ4v) is 3.34. The predicted molar refractivity (Wildman–Crippen MR) is 79.6 cm³/mol. The van der Waals surface area contributed by atoms with Crippen molar-refractivity contribution in [1.82, 2.24) is 4.90 Å². The van der Waals surface area contributed by atoms with Crippen LogP contribution in [0.1, 0.15) is 13.8 Å². The molecule has 1 aromatic carbocycles. The zero-order valence-corrected chi connectivity index (χ0v) is 12.9. The average molecular weight is 326 g/mol. The third-order valence-electron chi connectivity index (χ3n) is 2.88. The van der Waals surface area contributed by atoms with Gasteiger partial charge >= 0.3 is 0 Å². The van der Waals surface area contributed by atoms with Crippen LogP contribution >= 0.6 is 27.7 Å². The van der Waals surface area contributed by atoms with Crippen LogP contribution in [0.5, 0.6) is 0 Å². The van der Waals surface area contributed by atoms with E-state index in [-0.39, 0.29) is 11.8 Å². The second-order valence-electron chi connectivity index (χ2n) is 4.47. The summed E-state index contributed by atoms with van der Waals surface area (Å²) in [5.74, 6) is 0.154. The highest BCUT2D eigenvalue weighted by molar-refractivity contribution is 9.11. The highest BCUT2D eigenvalue weighted by Gasteiger charge is 2.29. The lowest BCUT2D eigenvalue weighted by Crippen LogP contribution is -2.30. The number of benzene rings is 1. The third-order valence-corrected chi connectivity index (χ3v) is 4.87. The maximum Gasteiger partial charge on any atom is 0.234 e. The molecule has 1 aliphatic rings. The van der Waals surface area contributed by atoms with Crippen molar-refractivity contribution in [2.75, 3.05) is 6.54 Å². The minimum atomic E-state index is -0.0288. The number of amides is 1. The maximum atomic E-state index is 11.9. The van der Waals surface area contributed by atoms with Crippen LogP contribution < -0.4 is 0 Å². The van der Waals surface area contributed by atoms with Gasteiger partial charge in [-0.3, -0.25) is 4.79 Å². The Morgan fingerprint density at radius 1 is 1.39 bits per heavy atom. The summed E-state index contributed by atoms with van der Waals surface area (Å²) in [7, 11) is 0. The van der Waals surface area contributed by atoms with E-state index in [4.69, 9.17) is 0 Å². The summed E-state index contributed by atoms with van der Waals surface area (Å²) >= 11 is 5.23. The Morgan fingerprint density at radius 3 is 2.61 bits per heavy atom. The van der Waals surface area contributed by atoms with Crippen LogP contribution in [-0.4, -0.2) is 22.6 Å². The van der Waals surface area contributed by atoms with Gasteiger partial charge in [0.15, 0.2) is 0 Å². The molecule has 0 radical (unpaired) electrons. The van der Waals surface area contributed by atoms with Gasteiger partial charge in [0.2, 0.25) is 5.91 Å². The third kappa shape index (κ3) is 3.18. The monoisotopic (exact) mass is 325 g/mol. The second-order valence-corrected chi connectivity index (χ2v) is 6.90. The Balaban J connectivity index is 1.93. The first-order chi connectivity index (χ1) is 8.58. The quantitative estimate of drug-likeness (QED) is 0.783. The minimum Gasteiger partial charge on any atom is -0.317 e. The minimum absolute atomic E-state index is 0.0288. The molecule has 0 aliphatic carbocycles. The molecule has 4 heteroatoms. The van der Waals surface area contributed by atoms with Gasteiger partial charge in [0.05, 0.1) is 5.92 Å². The highest BCUT2D eigenvalue weighted by Crippen LogP contribution is 2.30. The summed E-state index contributed by atoms with van der Waals surface area (Å²) in [5, 5.41) is 0.373. The molecule has 0 saturated heterocycles. The van der Waals surface area contributed by atoms with Crippen molar-refractivity contribution >= 4 is 33.6 Å². The van der Waals surface area contributed by atoms with Crippen LogP contribution in [0.2, 0.25) is 0 Å². The molecule has 96 valence electrons. The molecule has 1 amide bonds. The van der Waals surface area contributed by atoms with E-state index in [1.165, 1.54) is 4.90 Å². The number of nitrogens with zero attached hydrogens (tertiary/aromatic N) is 1. The van der Waals surface area contributed by atoms with Crippen molar-refractivity contribution < 1.29 is 4.79 Å². The van der Waals surface area contributed by atoms with Crippen LogP contribution in [0.25, 0.3) is 0 Å². The molecule has 0 saturated carbocycles. The Labute approximate surface area is 121 Å². The lowest BCUT2D eigenvalue weighted by molar-refractivity contribution is -0.129. The van der Waals surface area contributed by atoms with E-state index in [9.17, 15) is 4.79 Å². The molecule has 0 aromatic heterocycles. The summed E-state index contributed by atoms with van der Waals surface area (Å²) in [5.41, 5.74) is 0. The molecule has 18 heavy (non-hydrogen) atoms. The van der Waals surface area contributed by atoms with Crippen molar-refractivity contribution in [2.45, 2.75) is 24.0 Å². The lowest BCUT2D eigenvalue weighted by atomic mass is 10.2. The fraction of sp³-hybridized carbons (Fsp3) is 0.357. The smallest absolute Gasteiger partial charge is 0.234 e. The van der Waals surface area contributed by atoms with Gasteiger partial charge in [-0.2, -0.15) is 0 Å². The Bertz CT molecular complexity index is 460. The molecule has 1 aliphatic heterocycles. The fourth-order valence-electron chi connectivity index (χ4n) is 1.88.